The lowest BCUT2D eigenvalue weighted by atomic mass is 10.2. The molecule has 1 aromatic heterocycles. The topological polar surface area (TPSA) is 34.2 Å². The van der Waals surface area contributed by atoms with Crippen LogP contribution in [-0.4, -0.2) is 30.1 Å². The molecule has 1 atom stereocenters. The monoisotopic (exact) mass is 195 g/mol. The maximum Gasteiger partial charge on any atom is 0.0281 e. The van der Waals surface area contributed by atoms with Crippen molar-refractivity contribution < 1.29 is 0 Å². The van der Waals surface area contributed by atoms with Crippen molar-refractivity contribution in [2.75, 3.05) is 20.6 Å². The van der Waals surface area contributed by atoms with E-state index in [0.717, 1.165) is 13.1 Å². The molecule has 3 nitrogen and oxygen atoms in total. The smallest absolute Gasteiger partial charge is 0.0281 e. The van der Waals surface area contributed by atoms with Crippen molar-refractivity contribution in [3.63, 3.8) is 0 Å². The van der Waals surface area contributed by atoms with Crippen LogP contribution in [0.5, 0.6) is 0 Å². The molecule has 0 spiro atoms. The summed E-state index contributed by atoms with van der Waals surface area (Å²) in [7, 11) is 4.20. The fourth-order valence-corrected chi connectivity index (χ4v) is 1.44. The average molecular weight is 195 g/mol. The SMILES string of the molecule is CC(N)c1ccn(CCCN(C)C)c1. The summed E-state index contributed by atoms with van der Waals surface area (Å²) in [4.78, 5) is 2.20. The third-order valence-electron chi connectivity index (χ3n) is 2.32. The molecule has 0 bridgehead atoms. The first-order chi connectivity index (χ1) is 6.59. The molecule has 0 radical (unpaired) electrons. The molecule has 80 valence electrons. The van der Waals surface area contributed by atoms with E-state index < -0.39 is 0 Å². The van der Waals surface area contributed by atoms with Crippen LogP contribution in [0.3, 0.4) is 0 Å². The van der Waals surface area contributed by atoms with Gasteiger partial charge in [-0.25, -0.2) is 0 Å². The van der Waals surface area contributed by atoms with Crippen molar-refractivity contribution in [2.24, 2.45) is 5.73 Å². The molecule has 0 aromatic carbocycles. The molecule has 1 heterocycles. The number of aryl methyl sites for hydroxylation is 1. The standard InChI is InChI=1S/C11H21N3/c1-10(12)11-5-8-14(9-11)7-4-6-13(2)3/h5,8-10H,4,6-7,12H2,1-3H3. The van der Waals surface area contributed by atoms with E-state index in [-0.39, 0.29) is 6.04 Å². The summed E-state index contributed by atoms with van der Waals surface area (Å²) in [5, 5.41) is 0. The van der Waals surface area contributed by atoms with Gasteiger partial charge >= 0.3 is 0 Å². The lowest BCUT2D eigenvalue weighted by molar-refractivity contribution is 0.386. The lowest BCUT2D eigenvalue weighted by Gasteiger charge is -2.09. The van der Waals surface area contributed by atoms with E-state index in [9.17, 15) is 0 Å². The molecular weight excluding hydrogens is 174 g/mol. The van der Waals surface area contributed by atoms with E-state index in [1.54, 1.807) is 0 Å². The largest absolute Gasteiger partial charge is 0.354 e. The molecule has 0 fully saturated rings. The summed E-state index contributed by atoms with van der Waals surface area (Å²) in [6.07, 6.45) is 5.43. The molecule has 0 amide bonds. The van der Waals surface area contributed by atoms with Gasteiger partial charge in [-0.15, -0.1) is 0 Å². The zero-order chi connectivity index (χ0) is 10.6. The van der Waals surface area contributed by atoms with Gasteiger partial charge in [0.15, 0.2) is 0 Å². The van der Waals surface area contributed by atoms with Crippen LogP contribution in [0, 0.1) is 0 Å². The molecule has 0 saturated carbocycles. The van der Waals surface area contributed by atoms with Gasteiger partial charge in [-0.2, -0.15) is 0 Å². The molecular formula is C11H21N3. The van der Waals surface area contributed by atoms with Crippen LogP contribution in [-0.2, 0) is 6.54 Å². The van der Waals surface area contributed by atoms with E-state index in [1.807, 2.05) is 6.92 Å². The molecule has 1 aromatic rings. The summed E-state index contributed by atoms with van der Waals surface area (Å²) in [6.45, 7) is 4.22. The Labute approximate surface area is 86.5 Å². The summed E-state index contributed by atoms with van der Waals surface area (Å²) < 4.78 is 2.21. The van der Waals surface area contributed by atoms with Gasteiger partial charge in [-0.05, 0) is 45.6 Å². The normalized spacial score (nSPS) is 13.5. The van der Waals surface area contributed by atoms with E-state index in [1.165, 1.54) is 12.0 Å². The Bertz CT molecular complexity index is 263. The number of nitrogens with zero attached hydrogens (tertiary/aromatic N) is 2. The van der Waals surface area contributed by atoms with Crippen molar-refractivity contribution in [3.05, 3.63) is 24.0 Å². The predicted octanol–water partition coefficient (Wildman–Crippen LogP) is 1.46. The quantitative estimate of drug-likeness (QED) is 0.772. The second kappa shape index (κ2) is 5.17. The Morgan fingerprint density at radius 2 is 2.21 bits per heavy atom. The van der Waals surface area contributed by atoms with Crippen LogP contribution in [0.15, 0.2) is 18.5 Å². The van der Waals surface area contributed by atoms with Crippen LogP contribution in [0.2, 0.25) is 0 Å². The van der Waals surface area contributed by atoms with Crippen LogP contribution in [0.4, 0.5) is 0 Å². The van der Waals surface area contributed by atoms with Crippen LogP contribution >= 0.6 is 0 Å². The van der Waals surface area contributed by atoms with E-state index >= 15 is 0 Å². The van der Waals surface area contributed by atoms with Gasteiger partial charge in [0.1, 0.15) is 0 Å². The second-order valence-electron chi connectivity index (χ2n) is 4.13. The highest BCUT2D eigenvalue weighted by Gasteiger charge is 2.01. The molecule has 3 heteroatoms. The van der Waals surface area contributed by atoms with Gasteiger partial charge in [-0.1, -0.05) is 0 Å². The Kier molecular flexibility index (Phi) is 4.17. The first-order valence-electron chi connectivity index (χ1n) is 5.15. The molecule has 14 heavy (non-hydrogen) atoms. The molecule has 0 aliphatic carbocycles. The first kappa shape index (κ1) is 11.3. The number of rotatable bonds is 5. The van der Waals surface area contributed by atoms with Crippen molar-refractivity contribution in [1.82, 2.24) is 9.47 Å². The van der Waals surface area contributed by atoms with Crippen molar-refractivity contribution in [3.8, 4) is 0 Å². The lowest BCUT2D eigenvalue weighted by Crippen LogP contribution is -2.14. The molecule has 1 rings (SSSR count). The third kappa shape index (κ3) is 3.52. The van der Waals surface area contributed by atoms with Gasteiger partial charge in [0.25, 0.3) is 0 Å². The average Bonchev–Trinajstić information content (AvgIpc) is 2.52. The zero-order valence-electron chi connectivity index (χ0n) is 9.40. The van der Waals surface area contributed by atoms with Crippen LogP contribution in [0.1, 0.15) is 24.9 Å². The van der Waals surface area contributed by atoms with Crippen LogP contribution in [0.25, 0.3) is 0 Å². The van der Waals surface area contributed by atoms with E-state index in [4.69, 9.17) is 5.73 Å². The highest BCUT2D eigenvalue weighted by molar-refractivity contribution is 5.13. The zero-order valence-corrected chi connectivity index (χ0v) is 9.40. The molecule has 0 saturated heterocycles. The Morgan fingerprint density at radius 3 is 2.71 bits per heavy atom. The number of hydrogen-bond acceptors (Lipinski definition) is 2. The van der Waals surface area contributed by atoms with Gasteiger partial charge < -0.3 is 15.2 Å². The maximum atomic E-state index is 5.78. The Hall–Kier alpha value is -0.800. The molecule has 0 aliphatic heterocycles. The summed E-state index contributed by atoms with van der Waals surface area (Å²) >= 11 is 0. The van der Waals surface area contributed by atoms with Crippen LogP contribution < -0.4 is 5.73 Å². The minimum absolute atomic E-state index is 0.144. The number of nitrogens with two attached hydrogens (primary N) is 1. The van der Waals surface area contributed by atoms with E-state index in [0.29, 0.717) is 0 Å². The molecule has 1 unspecified atom stereocenters. The maximum absolute atomic E-state index is 5.78. The number of aromatic nitrogens is 1. The first-order valence-corrected chi connectivity index (χ1v) is 5.15. The Balaban J connectivity index is 2.36. The van der Waals surface area contributed by atoms with Crippen molar-refractivity contribution in [1.29, 1.82) is 0 Å². The fraction of sp³-hybridized carbons (Fsp3) is 0.636. The number of hydrogen-bond donors (Lipinski definition) is 1. The second-order valence-corrected chi connectivity index (χ2v) is 4.13. The van der Waals surface area contributed by atoms with Gasteiger partial charge in [0, 0.05) is 25.0 Å². The molecule has 0 aliphatic rings. The molecule has 2 N–H and O–H groups in total. The summed E-state index contributed by atoms with van der Waals surface area (Å²) in [6, 6.07) is 2.24. The highest BCUT2D eigenvalue weighted by Crippen LogP contribution is 2.09. The Morgan fingerprint density at radius 1 is 1.50 bits per heavy atom. The van der Waals surface area contributed by atoms with Crippen molar-refractivity contribution >= 4 is 0 Å². The minimum Gasteiger partial charge on any atom is -0.354 e. The summed E-state index contributed by atoms with van der Waals surface area (Å²) in [5.41, 5.74) is 7.00. The minimum atomic E-state index is 0.144. The van der Waals surface area contributed by atoms with Gasteiger partial charge in [-0.3, -0.25) is 0 Å². The van der Waals surface area contributed by atoms with E-state index in [2.05, 4.69) is 42.0 Å². The van der Waals surface area contributed by atoms with Gasteiger partial charge in [0.2, 0.25) is 0 Å². The fourth-order valence-electron chi connectivity index (χ4n) is 1.44. The summed E-state index contributed by atoms with van der Waals surface area (Å²) in [5.74, 6) is 0. The van der Waals surface area contributed by atoms with Gasteiger partial charge in [0.05, 0.1) is 0 Å². The van der Waals surface area contributed by atoms with Crippen molar-refractivity contribution in [2.45, 2.75) is 25.9 Å². The third-order valence-corrected chi connectivity index (χ3v) is 2.32. The highest BCUT2D eigenvalue weighted by atomic mass is 15.1. The predicted molar refractivity (Wildman–Crippen MR) is 60.2 cm³/mol.